The first kappa shape index (κ1) is 14.2. The lowest BCUT2D eigenvalue weighted by molar-refractivity contribution is 0.0683. The fraction of sp³-hybridized carbons (Fsp3) is 0.312. The van der Waals surface area contributed by atoms with E-state index in [1.165, 1.54) is 31.9 Å². The van der Waals surface area contributed by atoms with Crippen molar-refractivity contribution in [2.75, 3.05) is 0 Å². The molecule has 2 aromatic rings. The number of rotatable bonds is 1. The number of hydrogen-bond donors (Lipinski definition) is 1. The Bertz CT molecular complexity index is 572. The first-order valence-electron chi connectivity index (χ1n) is 6.76. The summed E-state index contributed by atoms with van der Waals surface area (Å²) in [5.41, 5.74) is 3.81. The lowest BCUT2D eigenvalue weighted by Crippen LogP contribution is -2.03. The van der Waals surface area contributed by atoms with Crippen molar-refractivity contribution in [3.05, 3.63) is 59.2 Å². The van der Waals surface area contributed by atoms with Crippen molar-refractivity contribution in [2.45, 2.75) is 32.6 Å². The van der Waals surface area contributed by atoms with Crippen LogP contribution < -0.4 is 0 Å². The van der Waals surface area contributed by atoms with E-state index in [4.69, 9.17) is 5.11 Å². The molecule has 0 radical (unpaired) electrons. The Kier molecular flexibility index (Phi) is 4.82. The van der Waals surface area contributed by atoms with E-state index in [0.717, 1.165) is 0 Å². The van der Waals surface area contributed by atoms with Gasteiger partial charge in [-0.05, 0) is 49.8 Å². The molecule has 0 aliphatic heterocycles. The SMILES string of the molecule is Cc1ccnc(C(=O)O)n1.c1ccc2c(c1)CCCC2. The minimum atomic E-state index is -1.09. The molecule has 0 saturated heterocycles. The zero-order valence-corrected chi connectivity index (χ0v) is 11.5. The van der Waals surface area contributed by atoms with E-state index in [9.17, 15) is 4.79 Å². The maximum Gasteiger partial charge on any atom is 0.373 e. The molecule has 0 amide bonds. The second-order valence-electron chi connectivity index (χ2n) is 4.80. The second-order valence-corrected chi connectivity index (χ2v) is 4.80. The molecular formula is C16H18N2O2. The molecule has 4 heteroatoms. The monoisotopic (exact) mass is 270 g/mol. The summed E-state index contributed by atoms with van der Waals surface area (Å²) in [6, 6.07) is 10.4. The summed E-state index contributed by atoms with van der Waals surface area (Å²) in [6.45, 7) is 1.72. The maximum absolute atomic E-state index is 10.2. The third-order valence-electron chi connectivity index (χ3n) is 3.25. The molecule has 0 saturated carbocycles. The van der Waals surface area contributed by atoms with Gasteiger partial charge in [0.1, 0.15) is 0 Å². The van der Waals surface area contributed by atoms with Crippen LogP contribution in [-0.4, -0.2) is 21.0 Å². The average molecular weight is 270 g/mol. The summed E-state index contributed by atoms with van der Waals surface area (Å²) in [7, 11) is 0. The first-order chi connectivity index (χ1) is 9.66. The predicted molar refractivity (Wildman–Crippen MR) is 76.8 cm³/mol. The number of benzene rings is 1. The minimum absolute atomic E-state index is 0.153. The highest BCUT2D eigenvalue weighted by Gasteiger charge is 2.06. The van der Waals surface area contributed by atoms with Crippen molar-refractivity contribution in [1.29, 1.82) is 0 Å². The highest BCUT2D eigenvalue weighted by Crippen LogP contribution is 2.19. The van der Waals surface area contributed by atoms with Gasteiger partial charge in [0, 0.05) is 11.9 Å². The minimum Gasteiger partial charge on any atom is -0.475 e. The Hall–Kier alpha value is -2.23. The Morgan fingerprint density at radius 2 is 1.70 bits per heavy atom. The van der Waals surface area contributed by atoms with Crippen LogP contribution in [0, 0.1) is 6.92 Å². The van der Waals surface area contributed by atoms with E-state index in [1.54, 1.807) is 24.1 Å². The molecule has 0 atom stereocenters. The summed E-state index contributed by atoms with van der Waals surface area (Å²) in [5, 5.41) is 8.38. The summed E-state index contributed by atoms with van der Waals surface area (Å²) >= 11 is 0. The van der Waals surface area contributed by atoms with E-state index in [2.05, 4.69) is 34.2 Å². The normalized spacial score (nSPS) is 12.8. The van der Waals surface area contributed by atoms with Crippen molar-refractivity contribution in [1.82, 2.24) is 9.97 Å². The molecule has 0 bridgehead atoms. The van der Waals surface area contributed by atoms with E-state index in [0.29, 0.717) is 5.69 Å². The zero-order chi connectivity index (χ0) is 14.4. The van der Waals surface area contributed by atoms with Crippen LogP contribution in [0.15, 0.2) is 36.5 Å². The van der Waals surface area contributed by atoms with Gasteiger partial charge in [0.2, 0.25) is 5.82 Å². The fourth-order valence-corrected chi connectivity index (χ4v) is 2.23. The van der Waals surface area contributed by atoms with Crippen LogP contribution in [0.2, 0.25) is 0 Å². The van der Waals surface area contributed by atoms with Crippen LogP contribution in [0.4, 0.5) is 0 Å². The number of carboxylic acid groups (broad SMARTS) is 1. The standard InChI is InChI=1S/C10H12.C6H6N2O2/c1-2-6-10-8-4-3-7-9(10)5-1;1-4-2-3-7-5(8-4)6(9)10/h1-2,5-6H,3-4,7-8H2;2-3H,1H3,(H,9,10). The molecule has 0 unspecified atom stereocenters. The second kappa shape index (κ2) is 6.80. The van der Waals surface area contributed by atoms with E-state index >= 15 is 0 Å². The van der Waals surface area contributed by atoms with Crippen molar-refractivity contribution >= 4 is 5.97 Å². The third kappa shape index (κ3) is 3.88. The van der Waals surface area contributed by atoms with Crippen LogP contribution in [0.5, 0.6) is 0 Å². The molecular weight excluding hydrogens is 252 g/mol. The smallest absolute Gasteiger partial charge is 0.373 e. The van der Waals surface area contributed by atoms with Gasteiger partial charge < -0.3 is 5.11 Å². The van der Waals surface area contributed by atoms with Crippen LogP contribution in [0.1, 0.15) is 40.3 Å². The zero-order valence-electron chi connectivity index (χ0n) is 11.5. The molecule has 1 heterocycles. The van der Waals surface area contributed by atoms with Crippen LogP contribution in [0.3, 0.4) is 0 Å². The number of aryl methyl sites for hydroxylation is 3. The number of fused-ring (bicyclic) bond motifs is 1. The van der Waals surface area contributed by atoms with Crippen LogP contribution >= 0.6 is 0 Å². The van der Waals surface area contributed by atoms with Gasteiger partial charge in [0.05, 0.1) is 0 Å². The molecule has 1 aliphatic rings. The number of aromatic nitrogens is 2. The number of carbonyl (C=O) groups is 1. The molecule has 1 aromatic carbocycles. The van der Waals surface area contributed by atoms with E-state index in [-0.39, 0.29) is 5.82 Å². The highest BCUT2D eigenvalue weighted by atomic mass is 16.4. The van der Waals surface area contributed by atoms with E-state index in [1.807, 2.05) is 0 Å². The van der Waals surface area contributed by atoms with Crippen molar-refractivity contribution in [2.24, 2.45) is 0 Å². The lowest BCUT2D eigenvalue weighted by atomic mass is 9.92. The average Bonchev–Trinajstić information content (AvgIpc) is 2.48. The molecule has 1 N–H and O–H groups in total. The number of hydrogen-bond acceptors (Lipinski definition) is 3. The van der Waals surface area contributed by atoms with Crippen LogP contribution in [0.25, 0.3) is 0 Å². The Morgan fingerprint density at radius 3 is 2.15 bits per heavy atom. The van der Waals surface area contributed by atoms with Gasteiger partial charge in [0.25, 0.3) is 0 Å². The van der Waals surface area contributed by atoms with Crippen molar-refractivity contribution in [3.8, 4) is 0 Å². The van der Waals surface area contributed by atoms with Gasteiger partial charge in [-0.3, -0.25) is 0 Å². The number of carboxylic acids is 1. The molecule has 20 heavy (non-hydrogen) atoms. The predicted octanol–water partition coefficient (Wildman–Crippen LogP) is 3.05. The third-order valence-corrected chi connectivity index (χ3v) is 3.25. The van der Waals surface area contributed by atoms with Gasteiger partial charge in [-0.1, -0.05) is 24.3 Å². The van der Waals surface area contributed by atoms with Crippen molar-refractivity contribution < 1.29 is 9.90 Å². The molecule has 1 aliphatic carbocycles. The first-order valence-corrected chi connectivity index (χ1v) is 6.76. The van der Waals surface area contributed by atoms with Gasteiger partial charge in [-0.25, -0.2) is 14.8 Å². The molecule has 0 fully saturated rings. The molecule has 104 valence electrons. The van der Waals surface area contributed by atoms with E-state index < -0.39 is 5.97 Å². The summed E-state index contributed by atoms with van der Waals surface area (Å²) in [5.74, 6) is -1.25. The Labute approximate surface area is 118 Å². The summed E-state index contributed by atoms with van der Waals surface area (Å²) in [4.78, 5) is 17.4. The topological polar surface area (TPSA) is 63.1 Å². The maximum atomic E-state index is 10.2. The summed E-state index contributed by atoms with van der Waals surface area (Å²) in [6.07, 6.45) is 6.80. The molecule has 0 spiro atoms. The lowest BCUT2D eigenvalue weighted by Gasteiger charge is -2.13. The van der Waals surface area contributed by atoms with Gasteiger partial charge in [-0.15, -0.1) is 0 Å². The van der Waals surface area contributed by atoms with Crippen LogP contribution in [-0.2, 0) is 12.8 Å². The van der Waals surface area contributed by atoms with Crippen molar-refractivity contribution in [3.63, 3.8) is 0 Å². The number of nitrogens with zero attached hydrogens (tertiary/aromatic N) is 2. The quantitative estimate of drug-likeness (QED) is 0.865. The molecule has 4 nitrogen and oxygen atoms in total. The molecule has 1 aromatic heterocycles. The highest BCUT2D eigenvalue weighted by molar-refractivity contribution is 5.82. The number of aromatic carboxylic acids is 1. The van der Waals surface area contributed by atoms with Gasteiger partial charge in [0.15, 0.2) is 0 Å². The fourth-order valence-electron chi connectivity index (χ4n) is 2.23. The largest absolute Gasteiger partial charge is 0.475 e. The Balaban J connectivity index is 0.000000147. The van der Waals surface area contributed by atoms with Gasteiger partial charge >= 0.3 is 5.97 Å². The molecule has 3 rings (SSSR count). The van der Waals surface area contributed by atoms with Gasteiger partial charge in [-0.2, -0.15) is 0 Å². The summed E-state index contributed by atoms with van der Waals surface area (Å²) < 4.78 is 0. The Morgan fingerprint density at radius 1 is 1.10 bits per heavy atom.